The Morgan fingerprint density at radius 2 is 1.95 bits per heavy atom. The van der Waals surface area contributed by atoms with Crippen molar-refractivity contribution >= 4 is 11.6 Å². The average molecular weight is 291 g/mol. The number of nitrogen functional groups attached to an aromatic ring is 1. The van der Waals surface area contributed by atoms with Crippen LogP contribution in [0.2, 0.25) is 0 Å². The van der Waals surface area contributed by atoms with Crippen LogP contribution in [-0.2, 0) is 0 Å². The monoisotopic (exact) mass is 291 g/mol. The van der Waals surface area contributed by atoms with Gasteiger partial charge in [0.1, 0.15) is 11.3 Å². The predicted molar refractivity (Wildman–Crippen MR) is 84.6 cm³/mol. The van der Waals surface area contributed by atoms with E-state index >= 15 is 0 Å². The smallest absolute Gasteiger partial charge is 0.259 e. The molecule has 0 bridgehead atoms. The lowest BCUT2D eigenvalue weighted by Crippen LogP contribution is -2.56. The zero-order valence-electron chi connectivity index (χ0n) is 13.3. The highest BCUT2D eigenvalue weighted by atomic mass is 16.5. The fourth-order valence-corrected chi connectivity index (χ4v) is 2.78. The van der Waals surface area contributed by atoms with Gasteiger partial charge in [0, 0.05) is 30.9 Å². The molecule has 2 rings (SSSR count). The Morgan fingerprint density at radius 3 is 2.52 bits per heavy atom. The van der Waals surface area contributed by atoms with Gasteiger partial charge in [0.25, 0.3) is 5.91 Å². The molecule has 1 aliphatic rings. The molecule has 1 aliphatic heterocycles. The minimum Gasteiger partial charge on any atom is -0.493 e. The van der Waals surface area contributed by atoms with Crippen molar-refractivity contribution in [2.24, 2.45) is 0 Å². The number of benzene rings is 1. The third-order valence-electron chi connectivity index (χ3n) is 4.22. The van der Waals surface area contributed by atoms with Crippen LogP contribution < -0.4 is 10.5 Å². The Balaban J connectivity index is 2.28. The van der Waals surface area contributed by atoms with Gasteiger partial charge in [0.2, 0.25) is 0 Å². The van der Waals surface area contributed by atoms with Crippen LogP contribution in [0.4, 0.5) is 5.69 Å². The molecule has 0 aromatic heterocycles. The largest absolute Gasteiger partial charge is 0.493 e. The van der Waals surface area contributed by atoms with Crippen molar-refractivity contribution in [3.05, 3.63) is 23.8 Å². The summed E-state index contributed by atoms with van der Waals surface area (Å²) in [5.74, 6) is 0.532. The number of hydrogen-bond acceptors (Lipinski definition) is 4. The molecule has 116 valence electrons. The van der Waals surface area contributed by atoms with Gasteiger partial charge < -0.3 is 15.4 Å². The number of piperazine rings is 1. The van der Waals surface area contributed by atoms with E-state index in [-0.39, 0.29) is 5.91 Å². The van der Waals surface area contributed by atoms with E-state index in [9.17, 15) is 4.79 Å². The van der Waals surface area contributed by atoms with Crippen LogP contribution in [0.1, 0.15) is 31.1 Å². The Morgan fingerprint density at radius 1 is 1.33 bits per heavy atom. The van der Waals surface area contributed by atoms with Gasteiger partial charge in [0.05, 0.1) is 6.61 Å². The first-order valence-corrected chi connectivity index (χ1v) is 7.48. The molecule has 1 aromatic rings. The number of rotatable bonds is 3. The highest BCUT2D eigenvalue weighted by Crippen LogP contribution is 2.27. The summed E-state index contributed by atoms with van der Waals surface area (Å²) in [6, 6.07) is 6.03. The molecule has 0 aliphatic carbocycles. The van der Waals surface area contributed by atoms with E-state index < -0.39 is 0 Å². The van der Waals surface area contributed by atoms with Gasteiger partial charge in [-0.2, -0.15) is 0 Å². The summed E-state index contributed by atoms with van der Waals surface area (Å²) >= 11 is 0. The Kier molecular flexibility index (Phi) is 4.73. The number of anilines is 1. The topological polar surface area (TPSA) is 58.8 Å². The lowest BCUT2D eigenvalue weighted by Gasteiger charge is -2.42. The summed E-state index contributed by atoms with van der Waals surface area (Å²) in [5, 5.41) is 0. The van der Waals surface area contributed by atoms with Crippen LogP contribution in [0.5, 0.6) is 5.75 Å². The van der Waals surface area contributed by atoms with E-state index in [2.05, 4.69) is 25.8 Å². The molecular weight excluding hydrogens is 266 g/mol. The molecule has 0 spiro atoms. The first-order chi connectivity index (χ1) is 9.95. The zero-order chi connectivity index (χ0) is 15.6. The average Bonchev–Trinajstić information content (AvgIpc) is 2.44. The Labute approximate surface area is 126 Å². The van der Waals surface area contributed by atoms with Gasteiger partial charge in [-0.05, 0) is 40.0 Å². The summed E-state index contributed by atoms with van der Waals surface area (Å²) in [6.07, 6.45) is 0. The number of amides is 1. The molecule has 2 unspecified atom stereocenters. The van der Waals surface area contributed by atoms with Gasteiger partial charge in [-0.3, -0.25) is 9.69 Å². The van der Waals surface area contributed by atoms with Gasteiger partial charge in [0.15, 0.2) is 0 Å². The standard InChI is InChI=1S/C16H25N3O2/c1-5-21-14-8-6-7-13(17)15(14)16(20)19-9-11(2)18(4)12(3)10-19/h6-8,11-12H,5,9-10,17H2,1-4H3. The molecule has 2 N–H and O–H groups in total. The molecule has 21 heavy (non-hydrogen) atoms. The van der Waals surface area contributed by atoms with E-state index in [0.29, 0.717) is 48.8 Å². The summed E-state index contributed by atoms with van der Waals surface area (Å²) in [5.41, 5.74) is 6.98. The van der Waals surface area contributed by atoms with E-state index in [1.165, 1.54) is 0 Å². The lowest BCUT2D eigenvalue weighted by molar-refractivity contribution is 0.0412. The first-order valence-electron chi connectivity index (χ1n) is 7.48. The molecule has 1 heterocycles. The van der Waals surface area contributed by atoms with E-state index in [0.717, 1.165) is 0 Å². The minimum absolute atomic E-state index is 0.0386. The summed E-state index contributed by atoms with van der Waals surface area (Å²) in [6.45, 7) is 8.09. The number of nitrogens with zero attached hydrogens (tertiary/aromatic N) is 2. The van der Waals surface area contributed by atoms with Crippen molar-refractivity contribution in [2.45, 2.75) is 32.9 Å². The molecule has 1 amide bonds. The molecule has 0 saturated carbocycles. The molecule has 5 nitrogen and oxygen atoms in total. The second-order valence-corrected chi connectivity index (χ2v) is 5.73. The van der Waals surface area contributed by atoms with E-state index in [1.807, 2.05) is 17.9 Å². The fourth-order valence-electron chi connectivity index (χ4n) is 2.78. The highest BCUT2D eigenvalue weighted by molar-refractivity contribution is 6.02. The predicted octanol–water partition coefficient (Wildman–Crippen LogP) is 1.83. The van der Waals surface area contributed by atoms with Crippen LogP contribution >= 0.6 is 0 Å². The van der Waals surface area contributed by atoms with Gasteiger partial charge >= 0.3 is 0 Å². The second-order valence-electron chi connectivity index (χ2n) is 5.73. The summed E-state index contributed by atoms with van der Waals surface area (Å²) in [7, 11) is 2.10. The van der Waals surface area contributed by atoms with Crippen molar-refractivity contribution in [2.75, 3.05) is 32.5 Å². The zero-order valence-corrected chi connectivity index (χ0v) is 13.3. The van der Waals surface area contributed by atoms with Crippen LogP contribution in [0, 0.1) is 0 Å². The highest BCUT2D eigenvalue weighted by Gasteiger charge is 2.31. The van der Waals surface area contributed by atoms with E-state index in [1.54, 1.807) is 12.1 Å². The number of hydrogen-bond donors (Lipinski definition) is 1. The molecule has 0 radical (unpaired) electrons. The van der Waals surface area contributed by atoms with Crippen LogP contribution in [0.15, 0.2) is 18.2 Å². The van der Waals surface area contributed by atoms with Crippen LogP contribution in [0.25, 0.3) is 0 Å². The quantitative estimate of drug-likeness (QED) is 0.863. The molecule has 5 heteroatoms. The molecule has 1 saturated heterocycles. The van der Waals surface area contributed by atoms with Crippen molar-refractivity contribution in [1.29, 1.82) is 0 Å². The normalized spacial score (nSPS) is 23.1. The Hall–Kier alpha value is -1.75. The third kappa shape index (κ3) is 3.13. The summed E-state index contributed by atoms with van der Waals surface area (Å²) < 4.78 is 5.57. The molecule has 2 atom stereocenters. The maximum absolute atomic E-state index is 12.9. The summed E-state index contributed by atoms with van der Waals surface area (Å²) in [4.78, 5) is 17.0. The molecule has 1 fully saturated rings. The maximum Gasteiger partial charge on any atom is 0.259 e. The fraction of sp³-hybridized carbons (Fsp3) is 0.562. The number of carbonyl (C=O) groups excluding carboxylic acids is 1. The van der Waals surface area contributed by atoms with Crippen LogP contribution in [-0.4, -0.2) is 54.5 Å². The van der Waals surface area contributed by atoms with Gasteiger partial charge in [-0.15, -0.1) is 0 Å². The molecular formula is C16H25N3O2. The SMILES string of the molecule is CCOc1cccc(N)c1C(=O)N1CC(C)N(C)C(C)C1. The number of likely N-dealkylation sites (N-methyl/N-ethyl adjacent to an activating group) is 1. The van der Waals surface area contributed by atoms with Crippen molar-refractivity contribution in [3.63, 3.8) is 0 Å². The minimum atomic E-state index is -0.0386. The second kappa shape index (κ2) is 6.35. The van der Waals surface area contributed by atoms with Crippen molar-refractivity contribution in [1.82, 2.24) is 9.80 Å². The number of ether oxygens (including phenoxy) is 1. The number of carbonyl (C=O) groups is 1. The van der Waals surface area contributed by atoms with Crippen molar-refractivity contribution < 1.29 is 9.53 Å². The van der Waals surface area contributed by atoms with Gasteiger partial charge in [-0.1, -0.05) is 6.07 Å². The lowest BCUT2D eigenvalue weighted by atomic mass is 10.1. The van der Waals surface area contributed by atoms with Crippen LogP contribution in [0.3, 0.4) is 0 Å². The Bertz CT molecular complexity index is 506. The molecule has 1 aromatic carbocycles. The van der Waals surface area contributed by atoms with Crippen molar-refractivity contribution in [3.8, 4) is 5.75 Å². The maximum atomic E-state index is 12.9. The van der Waals surface area contributed by atoms with Gasteiger partial charge in [-0.25, -0.2) is 0 Å². The number of nitrogens with two attached hydrogens (primary N) is 1. The third-order valence-corrected chi connectivity index (χ3v) is 4.22. The van der Waals surface area contributed by atoms with E-state index in [4.69, 9.17) is 10.5 Å². The first kappa shape index (κ1) is 15.6.